The number of nitrogens with zero attached hydrogens (tertiary/aromatic N) is 8. The summed E-state index contributed by atoms with van der Waals surface area (Å²) >= 11 is 0. The predicted octanol–water partition coefficient (Wildman–Crippen LogP) is -16.5. The largest absolute Gasteiger partial charge is 1.00 e. The third-order valence-electron chi connectivity index (χ3n) is 11.5. The second-order valence-electron chi connectivity index (χ2n) is 16.7. The molecule has 0 spiro atoms. The maximum atomic E-state index is 12.6. The number of aromatic nitrogens is 6. The van der Waals surface area contributed by atoms with E-state index < -0.39 is 125 Å². The van der Waals surface area contributed by atoms with Gasteiger partial charge in [-0.2, -0.15) is 9.97 Å². The van der Waals surface area contributed by atoms with Crippen molar-refractivity contribution in [2.75, 3.05) is 99.5 Å². The summed E-state index contributed by atoms with van der Waals surface area (Å²) in [6.07, 6.45) is 2.05. The third-order valence-corrected chi connectivity index (χ3v) is 14.7. The first-order valence-electron chi connectivity index (χ1n) is 20.3. The van der Waals surface area contributed by atoms with Gasteiger partial charge in [0.05, 0.1) is 82.1 Å². The van der Waals surface area contributed by atoms with Gasteiger partial charge in [-0.05, 0) is 35.4 Å². The number of aliphatic hydroxyl groups is 6. The van der Waals surface area contributed by atoms with E-state index in [9.17, 15) is 82.5 Å². The Kier molecular flexibility index (Phi) is 24.5. The number of aliphatic hydroxyl groups excluding tert-OH is 4. The summed E-state index contributed by atoms with van der Waals surface area (Å²) in [6, 6.07) is 4.83. The molecule has 384 valence electrons. The van der Waals surface area contributed by atoms with E-state index in [0.29, 0.717) is 0 Å². The first kappa shape index (κ1) is 68.8. The van der Waals surface area contributed by atoms with Crippen LogP contribution in [0, 0.1) is 0 Å². The van der Waals surface area contributed by atoms with Gasteiger partial charge in [0, 0.05) is 24.5 Å². The minimum atomic E-state index is -5.33. The molecule has 10 N–H and O–H groups in total. The van der Waals surface area contributed by atoms with E-state index in [4.69, 9.17) is 0 Å². The Morgan fingerprint density at radius 1 is 0.554 bits per heavy atom. The number of nitrogens with one attached hydrogen (secondary N) is 4. The van der Waals surface area contributed by atoms with Gasteiger partial charge in [-0.15, -0.1) is 19.9 Å². The zero-order valence-corrected chi connectivity index (χ0v) is 51.9. The van der Waals surface area contributed by atoms with Crippen molar-refractivity contribution in [3.8, 4) is 0 Å². The summed E-state index contributed by atoms with van der Waals surface area (Å²) in [6.45, 7) is -4.08. The molecular formula is C36H46N12Na4O18S4+2. The van der Waals surface area contributed by atoms with Crippen molar-refractivity contribution in [1.29, 1.82) is 0 Å². The summed E-state index contributed by atoms with van der Waals surface area (Å²) in [5.41, 5.74) is -4.80. The maximum absolute atomic E-state index is 12.6. The molecule has 0 aliphatic carbocycles. The van der Waals surface area contributed by atoms with Crippen LogP contribution in [-0.2, 0) is 40.5 Å². The first-order valence-corrected chi connectivity index (χ1v) is 26.2. The van der Waals surface area contributed by atoms with E-state index in [1.165, 1.54) is 26.2 Å². The van der Waals surface area contributed by atoms with E-state index in [0.717, 1.165) is 36.4 Å². The molecule has 0 radical (unpaired) electrons. The Morgan fingerprint density at radius 2 is 0.865 bits per heavy atom. The summed E-state index contributed by atoms with van der Waals surface area (Å²) in [5.74, 6) is -3.18. The average Bonchev–Trinajstić information content (AvgIpc) is 4.18. The van der Waals surface area contributed by atoms with Gasteiger partial charge in [0.1, 0.15) is 33.3 Å². The molecule has 4 atom stereocenters. The molecule has 2 aliphatic heterocycles. The molecule has 2 fully saturated rings. The predicted molar refractivity (Wildman–Crippen MR) is 241 cm³/mol. The quantitative estimate of drug-likeness (QED) is 0.0102. The summed E-state index contributed by atoms with van der Waals surface area (Å²) in [7, 11) is -16.9. The number of hydrogen-bond donors (Lipinski definition) is 10. The normalized spacial score (nSPS) is 19.7. The molecule has 0 bridgehead atoms. The molecule has 0 amide bonds. The van der Waals surface area contributed by atoms with Crippen molar-refractivity contribution in [1.82, 2.24) is 38.9 Å². The van der Waals surface area contributed by atoms with Crippen molar-refractivity contribution in [2.45, 2.75) is 33.1 Å². The van der Waals surface area contributed by atoms with E-state index in [1.807, 2.05) is 0 Å². The summed E-state index contributed by atoms with van der Waals surface area (Å²) < 4.78 is 142. The fourth-order valence-electron chi connectivity index (χ4n) is 7.39. The fourth-order valence-corrected chi connectivity index (χ4v) is 9.49. The van der Waals surface area contributed by atoms with Crippen molar-refractivity contribution in [2.24, 2.45) is 0 Å². The molecule has 2 saturated heterocycles. The van der Waals surface area contributed by atoms with E-state index in [-0.39, 0.29) is 198 Å². The molecule has 4 heterocycles. The molecule has 2 aromatic heterocycles. The molecule has 38 heteroatoms. The van der Waals surface area contributed by atoms with Crippen LogP contribution in [0.4, 0.5) is 47.1 Å². The van der Waals surface area contributed by atoms with Crippen LogP contribution in [-0.4, -0.2) is 214 Å². The number of benzene rings is 2. The van der Waals surface area contributed by atoms with Gasteiger partial charge in [-0.1, -0.05) is 24.3 Å². The first-order chi connectivity index (χ1) is 32.4. The standard InChI is InChI=1S/C36H48N12O18S4.4Na/c1-47(15-27(47)35(53,17-49)18-50)33-43-29(37-9-11-67(55,56)57)41-31(45-33)39-23-7-5-21(25(13-23)69(61,62)63)3-4-22-6-8-24(14-26(22)70(64,65)66)40-32-42-30(38-10-12-68(58,59)60)44-34(46-32)48(2)16-28(48)36(54,19-51)20-52;;;;/h3-8,13-14,27-28,49-54H,9-12,15-20H2,1-2H3,(H6-2,37,38,39,40,41,42,43,44,45,46,55,56,57,58,59,60,61,62,63,64,65,66);;;;/q;4*+1/p-2. The van der Waals surface area contributed by atoms with E-state index in [2.05, 4.69) is 51.2 Å². The van der Waals surface area contributed by atoms with Crippen molar-refractivity contribution in [3.05, 3.63) is 47.5 Å². The third kappa shape index (κ3) is 17.1. The topological polar surface area (TPSA) is 476 Å². The van der Waals surface area contributed by atoms with Gasteiger partial charge >= 0.3 is 130 Å². The SMILES string of the molecule is C[N+]1(c2nc(NCCS(=O)(=O)[O-])nc(Nc3ccc(C=Cc4ccc(Nc5nc(NCCS(=O)(=O)[O-])nc([N+]6(C)CC6C(O)(CO)CO)n5)cc4S(=O)(=O)[O-])c(S(=O)(=O)[O-])c3)n2)CC1C(O)(CO)CO.[Na+].[Na+].[Na+].[Na+]. The molecule has 74 heavy (non-hydrogen) atoms. The summed E-state index contributed by atoms with van der Waals surface area (Å²) in [4.78, 5) is 23.6. The van der Waals surface area contributed by atoms with Crippen LogP contribution < -0.4 is 148 Å². The second kappa shape index (κ2) is 26.3. The number of anilines is 6. The van der Waals surface area contributed by atoms with Crippen LogP contribution in [0.5, 0.6) is 0 Å². The number of quaternary nitrogens is 2. The van der Waals surface area contributed by atoms with E-state index >= 15 is 0 Å². The Balaban J connectivity index is 0.00000469. The molecule has 6 rings (SSSR count). The number of likely N-dealkylation sites (N-methyl/N-ethyl adjacent to an activating group) is 2. The Morgan fingerprint density at radius 3 is 1.15 bits per heavy atom. The zero-order valence-electron chi connectivity index (χ0n) is 40.6. The Bertz CT molecular complexity index is 2940. The van der Waals surface area contributed by atoms with E-state index in [1.54, 1.807) is 0 Å². The molecule has 2 aliphatic rings. The van der Waals surface area contributed by atoms with Gasteiger partial charge in [0.25, 0.3) is 0 Å². The van der Waals surface area contributed by atoms with Crippen LogP contribution >= 0.6 is 0 Å². The Hall–Kier alpha value is -1.28. The van der Waals surface area contributed by atoms with Gasteiger partial charge in [0.15, 0.2) is 23.3 Å². The smallest absolute Gasteiger partial charge is 0.748 e. The monoisotopic (exact) mass is 1150 g/mol. The Labute approximate surface area is 513 Å². The van der Waals surface area contributed by atoms with Gasteiger partial charge in [-0.3, -0.25) is 0 Å². The second-order valence-corrected chi connectivity index (χ2v) is 22.5. The van der Waals surface area contributed by atoms with Crippen LogP contribution in [0.15, 0.2) is 46.2 Å². The molecule has 4 unspecified atom stereocenters. The van der Waals surface area contributed by atoms with Crippen LogP contribution in [0.3, 0.4) is 0 Å². The van der Waals surface area contributed by atoms with Gasteiger partial charge < -0.3 is 70.1 Å². The number of rotatable bonds is 24. The number of hydrogen-bond acceptors (Lipinski definition) is 28. The molecular weight excluding hydrogens is 1110 g/mol. The molecule has 30 nitrogen and oxygen atoms in total. The zero-order chi connectivity index (χ0) is 51.9. The maximum Gasteiger partial charge on any atom is 1.00 e. The van der Waals surface area contributed by atoms with Gasteiger partial charge in [-0.25, -0.2) is 42.6 Å². The minimum absolute atomic E-state index is 0. The van der Waals surface area contributed by atoms with Crippen LogP contribution in [0.2, 0.25) is 0 Å². The molecule has 4 aromatic rings. The van der Waals surface area contributed by atoms with Crippen LogP contribution in [0.25, 0.3) is 12.2 Å². The van der Waals surface area contributed by atoms with Crippen molar-refractivity contribution < 1.29 is 201 Å². The van der Waals surface area contributed by atoms with Crippen molar-refractivity contribution in [3.63, 3.8) is 0 Å². The van der Waals surface area contributed by atoms with Gasteiger partial charge in [0.2, 0.25) is 23.8 Å². The average molecular weight is 1160 g/mol. The van der Waals surface area contributed by atoms with Crippen LogP contribution in [0.1, 0.15) is 11.1 Å². The minimum Gasteiger partial charge on any atom is -0.748 e. The molecule has 0 saturated carbocycles. The fraction of sp³-hybridized carbons (Fsp3) is 0.444. The summed E-state index contributed by atoms with van der Waals surface area (Å²) in [5, 5.41) is 71.0. The van der Waals surface area contributed by atoms with Crippen molar-refractivity contribution >= 4 is 99.7 Å². The molecule has 2 aromatic carbocycles.